The second-order valence-corrected chi connectivity index (χ2v) is 7.17. The zero-order valence-electron chi connectivity index (χ0n) is 17.3. The fraction of sp³-hybridized carbons (Fsp3) is 0.824. The summed E-state index contributed by atoms with van der Waals surface area (Å²) < 4.78 is 10.0. The van der Waals surface area contributed by atoms with E-state index in [0.717, 1.165) is 30.8 Å². The lowest BCUT2D eigenvalue weighted by Gasteiger charge is -2.50. The Morgan fingerprint density at radius 1 is 1.00 bits per heavy atom. The molecular formula is C17H32N2O8. The van der Waals surface area contributed by atoms with E-state index in [-0.39, 0.29) is 6.61 Å². The Balaban J connectivity index is 6.07. The zero-order chi connectivity index (χ0) is 21.8. The Kier molecular flexibility index (Phi) is 8.38. The number of methoxy groups -OCH3 is 1. The lowest BCUT2D eigenvalue weighted by Crippen LogP contribution is -2.71. The first kappa shape index (κ1) is 25.2. The van der Waals surface area contributed by atoms with Crippen LogP contribution in [0.1, 0.15) is 41.5 Å². The van der Waals surface area contributed by atoms with E-state index in [1.807, 2.05) is 0 Å². The molecule has 0 unspecified atom stereocenters. The molecule has 0 aromatic heterocycles. The summed E-state index contributed by atoms with van der Waals surface area (Å²) in [5.74, 6) is -1.80. The zero-order valence-corrected chi connectivity index (χ0v) is 17.3. The van der Waals surface area contributed by atoms with Gasteiger partial charge in [-0.3, -0.25) is 19.4 Å². The molecule has 0 saturated carbocycles. The Labute approximate surface area is 159 Å². The number of hydrogen-bond acceptors (Lipinski definition) is 8. The van der Waals surface area contributed by atoms with Crippen LogP contribution in [0.4, 0.5) is 0 Å². The van der Waals surface area contributed by atoms with Gasteiger partial charge in [0.15, 0.2) is 6.10 Å². The molecule has 27 heavy (non-hydrogen) atoms. The average Bonchev–Trinajstić information content (AvgIpc) is 2.49. The molecular weight excluding hydrogens is 360 g/mol. The molecule has 0 radical (unpaired) electrons. The van der Waals surface area contributed by atoms with Crippen molar-refractivity contribution in [3.8, 4) is 0 Å². The minimum Gasteiger partial charge on any atom is -0.457 e. The average molecular weight is 392 g/mol. The second kappa shape index (κ2) is 8.96. The Morgan fingerprint density at radius 2 is 1.48 bits per heavy atom. The maximum Gasteiger partial charge on any atom is 0.303 e. The maximum atomic E-state index is 12.0. The first-order valence-corrected chi connectivity index (χ1v) is 8.38. The molecule has 158 valence electrons. The molecule has 4 atom stereocenters. The topological polar surface area (TPSA) is 137 Å². The number of carbonyl (C=O) groups is 3. The SMILES string of the molecule is COC[C@@](C)(O)[C@@](C)(O)[C@](C)(O)[C@@H](CN(C(C)=O)N(C)C(C)=O)OC(C)=O. The van der Waals surface area contributed by atoms with Gasteiger partial charge in [-0.2, -0.15) is 0 Å². The summed E-state index contributed by atoms with van der Waals surface area (Å²) >= 11 is 0. The Morgan fingerprint density at radius 3 is 1.81 bits per heavy atom. The van der Waals surface area contributed by atoms with Gasteiger partial charge in [-0.15, -0.1) is 0 Å². The number of nitrogens with zero attached hydrogens (tertiary/aromatic N) is 2. The number of rotatable bonds is 8. The highest BCUT2D eigenvalue weighted by molar-refractivity contribution is 5.79. The molecule has 0 aliphatic rings. The molecule has 0 aromatic rings. The fourth-order valence-corrected chi connectivity index (χ4v) is 2.60. The summed E-state index contributed by atoms with van der Waals surface area (Å²) in [6.45, 7) is 6.33. The van der Waals surface area contributed by atoms with E-state index in [1.54, 1.807) is 0 Å². The summed E-state index contributed by atoms with van der Waals surface area (Å²) in [5.41, 5.74) is -6.39. The lowest BCUT2D eigenvalue weighted by molar-refractivity contribution is -0.270. The van der Waals surface area contributed by atoms with Crippen LogP contribution in [0, 0.1) is 0 Å². The highest BCUT2D eigenvalue weighted by atomic mass is 16.6. The van der Waals surface area contributed by atoms with Gasteiger partial charge in [-0.05, 0) is 20.8 Å². The van der Waals surface area contributed by atoms with Crippen molar-refractivity contribution in [3.63, 3.8) is 0 Å². The molecule has 0 aliphatic carbocycles. The monoisotopic (exact) mass is 392 g/mol. The second-order valence-electron chi connectivity index (χ2n) is 7.17. The highest BCUT2D eigenvalue weighted by Gasteiger charge is 2.59. The van der Waals surface area contributed by atoms with Crippen LogP contribution >= 0.6 is 0 Å². The van der Waals surface area contributed by atoms with Crippen molar-refractivity contribution in [2.24, 2.45) is 0 Å². The number of aliphatic hydroxyl groups is 3. The summed E-state index contributed by atoms with van der Waals surface area (Å²) in [5, 5.41) is 34.6. The van der Waals surface area contributed by atoms with Crippen LogP contribution in [-0.2, 0) is 23.9 Å². The molecule has 10 nitrogen and oxygen atoms in total. The van der Waals surface area contributed by atoms with E-state index < -0.39 is 47.2 Å². The van der Waals surface area contributed by atoms with Gasteiger partial charge in [0, 0.05) is 34.9 Å². The number of esters is 1. The molecule has 10 heteroatoms. The third-order valence-electron chi connectivity index (χ3n) is 4.91. The van der Waals surface area contributed by atoms with Gasteiger partial charge in [0.2, 0.25) is 11.8 Å². The van der Waals surface area contributed by atoms with Gasteiger partial charge in [-0.25, -0.2) is 5.01 Å². The van der Waals surface area contributed by atoms with Gasteiger partial charge in [0.25, 0.3) is 0 Å². The lowest BCUT2D eigenvalue weighted by atomic mass is 9.71. The van der Waals surface area contributed by atoms with E-state index >= 15 is 0 Å². The van der Waals surface area contributed by atoms with Crippen molar-refractivity contribution in [2.75, 3.05) is 27.3 Å². The first-order valence-electron chi connectivity index (χ1n) is 8.38. The van der Waals surface area contributed by atoms with E-state index in [2.05, 4.69) is 0 Å². The molecule has 0 spiro atoms. The third-order valence-corrected chi connectivity index (χ3v) is 4.91. The van der Waals surface area contributed by atoms with Crippen LogP contribution in [0.3, 0.4) is 0 Å². The predicted octanol–water partition coefficient (Wildman–Crippen LogP) is -0.941. The van der Waals surface area contributed by atoms with Crippen LogP contribution in [0.5, 0.6) is 0 Å². The fourth-order valence-electron chi connectivity index (χ4n) is 2.60. The molecule has 0 fully saturated rings. The smallest absolute Gasteiger partial charge is 0.303 e. The Hall–Kier alpha value is -1.75. The van der Waals surface area contributed by atoms with Crippen LogP contribution in [-0.4, -0.2) is 93.3 Å². The van der Waals surface area contributed by atoms with E-state index in [9.17, 15) is 29.7 Å². The van der Waals surface area contributed by atoms with Gasteiger partial charge in [-0.1, -0.05) is 0 Å². The van der Waals surface area contributed by atoms with Crippen molar-refractivity contribution in [1.29, 1.82) is 0 Å². The molecule has 0 saturated heterocycles. The molecule has 0 bridgehead atoms. The molecule has 0 heterocycles. The summed E-state index contributed by atoms with van der Waals surface area (Å²) in [6, 6.07) is 0. The van der Waals surface area contributed by atoms with E-state index in [4.69, 9.17) is 9.47 Å². The van der Waals surface area contributed by atoms with Gasteiger partial charge >= 0.3 is 5.97 Å². The number of hydrazine groups is 1. The molecule has 0 aromatic carbocycles. The summed E-state index contributed by atoms with van der Waals surface area (Å²) in [4.78, 5) is 35.2. The number of amides is 2. The summed E-state index contributed by atoms with van der Waals surface area (Å²) in [6.07, 6.45) is -1.47. The molecule has 0 rings (SSSR count). The van der Waals surface area contributed by atoms with Gasteiger partial charge < -0.3 is 24.8 Å². The first-order chi connectivity index (χ1) is 12.0. The molecule has 0 aliphatic heterocycles. The van der Waals surface area contributed by atoms with Crippen molar-refractivity contribution < 1.29 is 39.2 Å². The minimum absolute atomic E-state index is 0.327. The van der Waals surface area contributed by atoms with Crippen molar-refractivity contribution in [2.45, 2.75) is 64.4 Å². The van der Waals surface area contributed by atoms with Gasteiger partial charge in [0.1, 0.15) is 16.8 Å². The number of carbonyl (C=O) groups excluding carboxylic acids is 3. The van der Waals surface area contributed by atoms with Gasteiger partial charge in [0.05, 0.1) is 13.2 Å². The summed E-state index contributed by atoms with van der Waals surface area (Å²) in [7, 11) is 2.64. The third kappa shape index (κ3) is 5.61. The standard InChI is InChI=1S/C17H32N2O8/c1-11(20)18(7)19(12(2)21)9-14(27-13(3)22)16(5,24)17(6,25)15(4,23)10-26-8/h14,23-25H,9-10H2,1-8H3/t14-,15-,16-,17-/m1/s1. The quantitative estimate of drug-likeness (QED) is 0.356. The highest BCUT2D eigenvalue weighted by Crippen LogP contribution is 2.37. The maximum absolute atomic E-state index is 12.0. The van der Waals surface area contributed by atoms with Crippen LogP contribution in [0.2, 0.25) is 0 Å². The van der Waals surface area contributed by atoms with Crippen molar-refractivity contribution in [3.05, 3.63) is 0 Å². The normalized spacial score (nSPS) is 19.1. The van der Waals surface area contributed by atoms with Crippen molar-refractivity contribution >= 4 is 17.8 Å². The van der Waals surface area contributed by atoms with Crippen LogP contribution in [0.15, 0.2) is 0 Å². The molecule has 2 amide bonds. The van der Waals surface area contributed by atoms with Crippen molar-refractivity contribution in [1.82, 2.24) is 10.0 Å². The van der Waals surface area contributed by atoms with E-state index in [1.165, 1.54) is 34.9 Å². The largest absolute Gasteiger partial charge is 0.457 e. The number of ether oxygens (including phenoxy) is 2. The van der Waals surface area contributed by atoms with Crippen LogP contribution in [0.25, 0.3) is 0 Å². The predicted molar refractivity (Wildman–Crippen MR) is 95.1 cm³/mol. The van der Waals surface area contributed by atoms with E-state index in [0.29, 0.717) is 0 Å². The molecule has 3 N–H and O–H groups in total. The minimum atomic E-state index is -2.23. The number of hydrogen-bond donors (Lipinski definition) is 3. The van der Waals surface area contributed by atoms with Crippen LogP contribution < -0.4 is 0 Å². The Bertz CT molecular complexity index is 559.